The minimum atomic E-state index is -0.0888. The molecule has 3 N–H and O–H groups in total. The summed E-state index contributed by atoms with van der Waals surface area (Å²) < 4.78 is 0. The number of aromatic nitrogens is 1. The van der Waals surface area contributed by atoms with E-state index in [0.717, 1.165) is 16.3 Å². The highest BCUT2D eigenvalue weighted by atomic mass is 32.2. The van der Waals surface area contributed by atoms with Gasteiger partial charge < -0.3 is 16.0 Å². The van der Waals surface area contributed by atoms with Gasteiger partial charge in [-0.2, -0.15) is 0 Å². The molecule has 0 radical (unpaired) electrons. The summed E-state index contributed by atoms with van der Waals surface area (Å²) in [6.45, 7) is 0. The average molecular weight is 395 g/mol. The van der Waals surface area contributed by atoms with E-state index in [0.29, 0.717) is 16.7 Å². The molecule has 0 bridgehead atoms. The molecule has 1 heterocycles. The molecule has 7 heteroatoms. The number of hydrogen-bond donors (Lipinski definition) is 3. The highest BCUT2D eigenvalue weighted by Crippen LogP contribution is 2.20. The number of hydrogen-bond acceptors (Lipinski definition) is 4. The van der Waals surface area contributed by atoms with Gasteiger partial charge in [0.15, 0.2) is 5.11 Å². The lowest BCUT2D eigenvalue weighted by atomic mass is 10.3. The van der Waals surface area contributed by atoms with Crippen LogP contribution in [0.2, 0.25) is 0 Å². The van der Waals surface area contributed by atoms with Gasteiger partial charge in [-0.1, -0.05) is 24.3 Å². The molecule has 27 heavy (non-hydrogen) atoms. The second kappa shape index (κ2) is 9.70. The van der Waals surface area contributed by atoms with Crippen molar-refractivity contribution < 1.29 is 4.79 Å². The summed E-state index contributed by atoms with van der Waals surface area (Å²) in [7, 11) is 0. The van der Waals surface area contributed by atoms with Crippen LogP contribution in [0.3, 0.4) is 0 Å². The summed E-state index contributed by atoms with van der Waals surface area (Å²) in [5.74, 6) is 0.786. The summed E-state index contributed by atoms with van der Waals surface area (Å²) in [4.78, 5) is 17.0. The van der Waals surface area contributed by atoms with E-state index in [2.05, 4.69) is 20.9 Å². The molecule has 2 aromatic carbocycles. The Hall–Kier alpha value is -2.90. The van der Waals surface area contributed by atoms with Crippen molar-refractivity contribution in [1.29, 1.82) is 0 Å². The van der Waals surface area contributed by atoms with Crippen LogP contribution in [-0.2, 0) is 4.79 Å². The summed E-state index contributed by atoms with van der Waals surface area (Å²) >= 11 is 6.77. The summed E-state index contributed by atoms with van der Waals surface area (Å²) in [5, 5.41) is 9.55. The van der Waals surface area contributed by atoms with Crippen molar-refractivity contribution in [2.24, 2.45) is 0 Å². The van der Waals surface area contributed by atoms with E-state index < -0.39 is 0 Å². The number of anilines is 3. The second-order valence-corrected chi connectivity index (χ2v) is 6.98. The maximum Gasteiger partial charge on any atom is 0.235 e. The third-order valence-corrected chi connectivity index (χ3v) is 4.66. The van der Waals surface area contributed by atoms with Gasteiger partial charge in [0, 0.05) is 22.5 Å². The number of rotatable bonds is 6. The van der Waals surface area contributed by atoms with Crippen LogP contribution in [0.1, 0.15) is 0 Å². The summed E-state index contributed by atoms with van der Waals surface area (Å²) in [6, 6.07) is 22.9. The van der Waals surface area contributed by atoms with Gasteiger partial charge in [0.2, 0.25) is 5.91 Å². The fourth-order valence-electron chi connectivity index (χ4n) is 2.21. The number of carbonyl (C=O) groups is 1. The van der Waals surface area contributed by atoms with Crippen LogP contribution in [0.4, 0.5) is 17.2 Å². The van der Waals surface area contributed by atoms with E-state index >= 15 is 0 Å². The summed E-state index contributed by atoms with van der Waals surface area (Å²) in [5.41, 5.74) is 1.81. The van der Waals surface area contributed by atoms with Crippen LogP contribution in [0, 0.1) is 0 Å². The Morgan fingerprint density at radius 3 is 2.19 bits per heavy atom. The van der Waals surface area contributed by atoms with Crippen LogP contribution in [0.15, 0.2) is 83.9 Å². The predicted molar refractivity (Wildman–Crippen MR) is 116 cm³/mol. The van der Waals surface area contributed by atoms with E-state index in [1.165, 1.54) is 11.8 Å². The topological polar surface area (TPSA) is 66.1 Å². The smallest absolute Gasteiger partial charge is 0.235 e. The molecule has 0 saturated heterocycles. The molecule has 0 atom stereocenters. The zero-order valence-electron chi connectivity index (χ0n) is 14.4. The number of thiocarbonyl (C=S) groups is 1. The lowest BCUT2D eigenvalue weighted by Gasteiger charge is -2.11. The number of nitrogens with one attached hydrogen (secondary N) is 3. The number of carbonyl (C=O) groups excluding carboxylic acids is 1. The standard InChI is InChI=1S/C20H18N4OS2/c25-19(24-18-8-4-5-13-21-18)14-27-17-11-9-16(10-12-17)23-20(26)22-15-6-2-1-3-7-15/h1-13H,14H2,(H,21,24,25)(H2,22,23,26). The van der Waals surface area contributed by atoms with Crippen LogP contribution in [-0.4, -0.2) is 21.8 Å². The van der Waals surface area contributed by atoms with Crippen LogP contribution < -0.4 is 16.0 Å². The number of pyridine rings is 1. The number of thioether (sulfide) groups is 1. The van der Waals surface area contributed by atoms with Crippen LogP contribution in [0.25, 0.3) is 0 Å². The van der Waals surface area contributed by atoms with Gasteiger partial charge in [-0.05, 0) is 60.7 Å². The lowest BCUT2D eigenvalue weighted by Crippen LogP contribution is -2.18. The van der Waals surface area contributed by atoms with Crippen molar-refractivity contribution in [3.8, 4) is 0 Å². The van der Waals surface area contributed by atoms with Crippen LogP contribution >= 0.6 is 24.0 Å². The third-order valence-electron chi connectivity index (χ3n) is 3.45. The minimum absolute atomic E-state index is 0.0888. The van der Waals surface area contributed by atoms with Gasteiger partial charge >= 0.3 is 0 Å². The average Bonchev–Trinajstić information content (AvgIpc) is 2.69. The molecule has 0 unspecified atom stereocenters. The lowest BCUT2D eigenvalue weighted by molar-refractivity contribution is -0.113. The Kier molecular flexibility index (Phi) is 6.78. The number of amides is 1. The first kappa shape index (κ1) is 18.9. The SMILES string of the molecule is O=C(CSc1ccc(NC(=S)Nc2ccccc2)cc1)Nc1ccccn1. The molecular weight excluding hydrogens is 376 g/mol. The van der Waals surface area contributed by atoms with E-state index in [9.17, 15) is 4.79 Å². The van der Waals surface area contributed by atoms with E-state index in [1.54, 1.807) is 18.3 Å². The number of benzene rings is 2. The molecule has 1 amide bonds. The molecule has 0 saturated carbocycles. The van der Waals surface area contributed by atoms with Gasteiger partial charge in [-0.25, -0.2) is 4.98 Å². The fourth-order valence-corrected chi connectivity index (χ4v) is 3.15. The van der Waals surface area contributed by atoms with Gasteiger partial charge in [-0.3, -0.25) is 4.79 Å². The highest BCUT2D eigenvalue weighted by molar-refractivity contribution is 8.00. The quantitative estimate of drug-likeness (QED) is 0.419. The molecule has 0 aliphatic heterocycles. The van der Waals surface area contributed by atoms with Gasteiger partial charge in [-0.15, -0.1) is 11.8 Å². The fraction of sp³-hybridized carbons (Fsp3) is 0.0500. The Labute approximate surface area is 167 Å². The third kappa shape index (κ3) is 6.40. The molecule has 0 aliphatic carbocycles. The van der Waals surface area contributed by atoms with Gasteiger partial charge in [0.1, 0.15) is 5.82 Å². The Morgan fingerprint density at radius 1 is 0.852 bits per heavy atom. The molecule has 0 fully saturated rings. The molecule has 136 valence electrons. The largest absolute Gasteiger partial charge is 0.332 e. The maximum absolute atomic E-state index is 12.0. The highest BCUT2D eigenvalue weighted by Gasteiger charge is 2.05. The van der Waals surface area contributed by atoms with Gasteiger partial charge in [0.25, 0.3) is 0 Å². The molecule has 1 aromatic heterocycles. The minimum Gasteiger partial charge on any atom is -0.332 e. The van der Waals surface area contributed by atoms with E-state index in [4.69, 9.17) is 12.2 Å². The molecule has 0 spiro atoms. The first-order valence-corrected chi connectivity index (χ1v) is 9.65. The second-order valence-electron chi connectivity index (χ2n) is 5.52. The Bertz CT molecular complexity index is 887. The van der Waals surface area contributed by atoms with E-state index in [1.807, 2.05) is 60.7 Å². The molecule has 0 aliphatic rings. The van der Waals surface area contributed by atoms with Gasteiger partial charge in [0.05, 0.1) is 5.75 Å². The monoisotopic (exact) mass is 394 g/mol. The van der Waals surface area contributed by atoms with Crippen molar-refractivity contribution in [3.05, 3.63) is 79.0 Å². The van der Waals surface area contributed by atoms with Crippen molar-refractivity contribution in [2.45, 2.75) is 4.90 Å². The maximum atomic E-state index is 12.0. The number of para-hydroxylation sites is 1. The molecule has 3 rings (SSSR count). The summed E-state index contributed by atoms with van der Waals surface area (Å²) in [6.07, 6.45) is 1.64. The van der Waals surface area contributed by atoms with Crippen LogP contribution in [0.5, 0.6) is 0 Å². The van der Waals surface area contributed by atoms with Crippen molar-refractivity contribution in [2.75, 3.05) is 21.7 Å². The molecule has 3 aromatic rings. The van der Waals surface area contributed by atoms with Crippen molar-refractivity contribution in [1.82, 2.24) is 4.98 Å². The van der Waals surface area contributed by atoms with E-state index in [-0.39, 0.29) is 5.91 Å². The van der Waals surface area contributed by atoms with Crippen molar-refractivity contribution >= 4 is 52.2 Å². The Balaban J connectivity index is 1.45. The molecule has 5 nitrogen and oxygen atoms in total. The Morgan fingerprint density at radius 2 is 1.52 bits per heavy atom. The first-order valence-electron chi connectivity index (χ1n) is 8.26. The van der Waals surface area contributed by atoms with Crippen molar-refractivity contribution in [3.63, 3.8) is 0 Å². The first-order chi connectivity index (χ1) is 13.2. The normalized spacial score (nSPS) is 10.1. The zero-order valence-corrected chi connectivity index (χ0v) is 16.0. The number of nitrogens with zero attached hydrogens (tertiary/aromatic N) is 1. The molecular formula is C20H18N4OS2. The zero-order chi connectivity index (χ0) is 18.9. The predicted octanol–water partition coefficient (Wildman–Crippen LogP) is 4.62.